The third kappa shape index (κ3) is 3.56. The molecular formula is C14H11BrF3N. The first kappa shape index (κ1) is 14.1. The van der Waals surface area contributed by atoms with Gasteiger partial charge in [-0.25, -0.2) is 0 Å². The maximum absolute atomic E-state index is 12.9. The maximum Gasteiger partial charge on any atom is 0.416 e. The van der Waals surface area contributed by atoms with E-state index in [9.17, 15) is 13.2 Å². The van der Waals surface area contributed by atoms with Crippen molar-refractivity contribution in [2.75, 3.05) is 0 Å². The molecule has 0 aliphatic heterocycles. The number of nitrogens with zero attached hydrogens (tertiary/aromatic N) is 1. The van der Waals surface area contributed by atoms with Gasteiger partial charge in [-0.1, -0.05) is 40.2 Å². The van der Waals surface area contributed by atoms with Gasteiger partial charge in [-0.15, -0.1) is 0 Å². The third-order valence-corrected chi connectivity index (χ3v) is 3.54. The number of pyridine rings is 1. The quantitative estimate of drug-likeness (QED) is 0.738. The minimum atomic E-state index is -4.34. The van der Waals surface area contributed by atoms with Crippen LogP contribution in [0.2, 0.25) is 0 Å². The van der Waals surface area contributed by atoms with Gasteiger partial charge in [0.15, 0.2) is 0 Å². The van der Waals surface area contributed by atoms with Crippen molar-refractivity contribution < 1.29 is 13.2 Å². The SMILES string of the molecule is FC(F)(F)c1ccccc1C(Br)Cc1ccccn1. The van der Waals surface area contributed by atoms with Crippen LogP contribution in [0.1, 0.15) is 21.6 Å². The molecule has 1 aromatic carbocycles. The van der Waals surface area contributed by atoms with Crippen molar-refractivity contribution in [1.29, 1.82) is 0 Å². The van der Waals surface area contributed by atoms with Crippen LogP contribution in [0.25, 0.3) is 0 Å². The fourth-order valence-corrected chi connectivity index (χ4v) is 2.57. The van der Waals surface area contributed by atoms with Crippen LogP contribution in [0.3, 0.4) is 0 Å². The van der Waals surface area contributed by atoms with Crippen LogP contribution < -0.4 is 0 Å². The number of benzene rings is 1. The van der Waals surface area contributed by atoms with Crippen molar-refractivity contribution in [3.8, 4) is 0 Å². The summed E-state index contributed by atoms with van der Waals surface area (Å²) in [5.41, 5.74) is 0.384. The largest absolute Gasteiger partial charge is 0.416 e. The molecule has 19 heavy (non-hydrogen) atoms. The number of aromatic nitrogens is 1. The van der Waals surface area contributed by atoms with Gasteiger partial charge in [-0.05, 0) is 23.8 Å². The summed E-state index contributed by atoms with van der Waals surface area (Å²) in [4.78, 5) is 3.71. The average Bonchev–Trinajstić information content (AvgIpc) is 2.39. The fourth-order valence-electron chi connectivity index (χ4n) is 1.84. The molecule has 1 atom stereocenters. The fraction of sp³-hybridized carbons (Fsp3) is 0.214. The van der Waals surface area contributed by atoms with E-state index in [1.165, 1.54) is 12.1 Å². The molecule has 1 unspecified atom stereocenters. The van der Waals surface area contributed by atoms with Gasteiger partial charge in [0.05, 0.1) is 5.56 Å². The van der Waals surface area contributed by atoms with Gasteiger partial charge in [0, 0.05) is 23.1 Å². The minimum absolute atomic E-state index is 0.237. The molecule has 0 bridgehead atoms. The Bertz CT molecular complexity index is 540. The number of alkyl halides is 4. The summed E-state index contributed by atoms with van der Waals surface area (Å²) < 4.78 is 38.7. The number of rotatable bonds is 3. The molecule has 1 aromatic heterocycles. The van der Waals surface area contributed by atoms with Crippen LogP contribution in [0.4, 0.5) is 13.2 Å². The zero-order valence-electron chi connectivity index (χ0n) is 9.86. The first-order valence-corrected chi connectivity index (χ1v) is 6.60. The highest BCUT2D eigenvalue weighted by Crippen LogP contribution is 2.38. The molecule has 0 saturated carbocycles. The van der Waals surface area contributed by atoms with Gasteiger partial charge >= 0.3 is 6.18 Å². The Morgan fingerprint density at radius 1 is 1.05 bits per heavy atom. The molecule has 0 aliphatic rings. The Kier molecular flexibility index (Phi) is 4.24. The monoisotopic (exact) mass is 329 g/mol. The molecule has 0 aliphatic carbocycles. The molecule has 0 spiro atoms. The van der Waals surface area contributed by atoms with E-state index in [0.717, 1.165) is 11.8 Å². The van der Waals surface area contributed by atoms with E-state index in [1.807, 2.05) is 6.07 Å². The van der Waals surface area contributed by atoms with E-state index in [0.29, 0.717) is 6.42 Å². The van der Waals surface area contributed by atoms with Gasteiger partial charge < -0.3 is 0 Å². The number of hydrogen-bond donors (Lipinski definition) is 0. The second-order valence-corrected chi connectivity index (χ2v) is 5.18. The first-order valence-electron chi connectivity index (χ1n) is 5.68. The normalized spacial score (nSPS) is 13.3. The second-order valence-electron chi connectivity index (χ2n) is 4.08. The smallest absolute Gasteiger partial charge is 0.261 e. The summed E-state index contributed by atoms with van der Waals surface area (Å²) in [6.07, 6.45) is -2.30. The van der Waals surface area contributed by atoms with Crippen LogP contribution in [0.5, 0.6) is 0 Å². The predicted molar refractivity (Wildman–Crippen MR) is 71.1 cm³/mol. The van der Waals surface area contributed by atoms with Gasteiger partial charge in [0.1, 0.15) is 0 Å². The van der Waals surface area contributed by atoms with Crippen molar-refractivity contribution in [3.63, 3.8) is 0 Å². The van der Waals surface area contributed by atoms with Crippen molar-refractivity contribution in [3.05, 3.63) is 65.5 Å². The van der Waals surface area contributed by atoms with Crippen LogP contribution in [-0.2, 0) is 12.6 Å². The van der Waals surface area contributed by atoms with Crippen molar-refractivity contribution in [2.24, 2.45) is 0 Å². The summed E-state index contributed by atoms with van der Waals surface area (Å²) in [6, 6.07) is 11.0. The Morgan fingerprint density at radius 3 is 2.37 bits per heavy atom. The van der Waals surface area contributed by atoms with Crippen LogP contribution in [0, 0.1) is 0 Å². The summed E-state index contributed by atoms with van der Waals surface area (Å²) in [5.74, 6) is 0. The van der Waals surface area contributed by atoms with Crippen LogP contribution in [0.15, 0.2) is 48.7 Å². The molecule has 100 valence electrons. The molecule has 0 saturated heterocycles. The Morgan fingerprint density at radius 2 is 1.74 bits per heavy atom. The maximum atomic E-state index is 12.9. The van der Waals surface area contributed by atoms with Crippen LogP contribution >= 0.6 is 15.9 Å². The molecule has 2 rings (SSSR count). The summed E-state index contributed by atoms with van der Waals surface area (Å²) in [7, 11) is 0. The Labute approximate surface area is 117 Å². The lowest BCUT2D eigenvalue weighted by atomic mass is 10.0. The van der Waals surface area contributed by atoms with Crippen molar-refractivity contribution in [2.45, 2.75) is 17.4 Å². The molecular weight excluding hydrogens is 319 g/mol. The highest BCUT2D eigenvalue weighted by Gasteiger charge is 2.34. The van der Waals surface area contributed by atoms with Crippen LogP contribution in [-0.4, -0.2) is 4.98 Å². The second kappa shape index (κ2) is 5.74. The zero-order valence-corrected chi connectivity index (χ0v) is 11.4. The number of halogens is 4. The molecule has 0 radical (unpaired) electrons. The summed E-state index contributed by atoms with van der Waals surface area (Å²) in [6.45, 7) is 0. The molecule has 1 nitrogen and oxygen atoms in total. The summed E-state index contributed by atoms with van der Waals surface area (Å²) in [5, 5.41) is 0. The lowest BCUT2D eigenvalue weighted by Crippen LogP contribution is -2.11. The molecule has 0 N–H and O–H groups in total. The Hall–Kier alpha value is -1.36. The molecule has 2 aromatic rings. The predicted octanol–water partition coefficient (Wildman–Crippen LogP) is 4.78. The molecule has 0 fully saturated rings. The van der Waals surface area contributed by atoms with E-state index in [1.54, 1.807) is 24.4 Å². The Balaban J connectivity index is 2.27. The van der Waals surface area contributed by atoms with E-state index in [2.05, 4.69) is 20.9 Å². The highest BCUT2D eigenvalue weighted by molar-refractivity contribution is 9.09. The van der Waals surface area contributed by atoms with E-state index in [4.69, 9.17) is 0 Å². The first-order chi connectivity index (χ1) is 8.98. The topological polar surface area (TPSA) is 12.9 Å². The molecule has 5 heteroatoms. The lowest BCUT2D eigenvalue weighted by molar-refractivity contribution is -0.138. The average molecular weight is 330 g/mol. The van der Waals surface area contributed by atoms with Gasteiger partial charge in [-0.2, -0.15) is 13.2 Å². The van der Waals surface area contributed by atoms with E-state index in [-0.39, 0.29) is 5.56 Å². The van der Waals surface area contributed by atoms with Gasteiger partial charge in [-0.3, -0.25) is 4.98 Å². The summed E-state index contributed by atoms with van der Waals surface area (Å²) >= 11 is 3.33. The van der Waals surface area contributed by atoms with Gasteiger partial charge in [0.25, 0.3) is 0 Å². The minimum Gasteiger partial charge on any atom is -0.261 e. The van der Waals surface area contributed by atoms with Gasteiger partial charge in [0.2, 0.25) is 0 Å². The standard InChI is InChI=1S/C14H11BrF3N/c15-13(9-10-5-3-4-8-19-10)11-6-1-2-7-12(11)14(16,17)18/h1-8,13H,9H2. The molecule has 1 heterocycles. The zero-order chi connectivity index (χ0) is 13.9. The molecule has 0 amide bonds. The van der Waals surface area contributed by atoms with E-state index < -0.39 is 16.6 Å². The highest BCUT2D eigenvalue weighted by atomic mass is 79.9. The number of hydrogen-bond acceptors (Lipinski definition) is 1. The van der Waals surface area contributed by atoms with Crippen molar-refractivity contribution in [1.82, 2.24) is 4.98 Å². The lowest BCUT2D eigenvalue weighted by Gasteiger charge is -2.16. The third-order valence-electron chi connectivity index (χ3n) is 2.72. The van der Waals surface area contributed by atoms with Crippen molar-refractivity contribution >= 4 is 15.9 Å². The van der Waals surface area contributed by atoms with E-state index >= 15 is 0 Å².